The van der Waals surface area contributed by atoms with Gasteiger partial charge in [0.2, 0.25) is 0 Å². The maximum atomic E-state index is 11.2. The fourth-order valence-electron chi connectivity index (χ4n) is 1.01. The fraction of sp³-hybridized carbons (Fsp3) is 0.364. The van der Waals surface area contributed by atoms with Gasteiger partial charge in [-0.2, -0.15) is 0 Å². The van der Waals surface area contributed by atoms with Gasteiger partial charge in [-0.05, 0) is 13.8 Å². The second kappa shape index (κ2) is 5.85. The third-order valence-corrected chi connectivity index (χ3v) is 1.82. The van der Waals surface area contributed by atoms with Gasteiger partial charge in [0.25, 0.3) is 0 Å². The highest BCUT2D eigenvalue weighted by Crippen LogP contribution is 2.03. The van der Waals surface area contributed by atoms with E-state index in [0.717, 1.165) is 0 Å². The molecule has 0 aliphatic rings. The van der Waals surface area contributed by atoms with Gasteiger partial charge >= 0.3 is 5.97 Å². The Morgan fingerprint density at radius 1 is 1.50 bits per heavy atom. The highest BCUT2D eigenvalue weighted by atomic mass is 16.5. The van der Waals surface area contributed by atoms with Gasteiger partial charge in [0.15, 0.2) is 5.69 Å². The molecular weight excluding hydrogens is 206 g/mol. The van der Waals surface area contributed by atoms with Gasteiger partial charge in [-0.3, -0.25) is 4.98 Å². The fourth-order valence-corrected chi connectivity index (χ4v) is 1.01. The van der Waals surface area contributed by atoms with Crippen molar-refractivity contribution in [1.29, 1.82) is 0 Å². The lowest BCUT2D eigenvalue weighted by molar-refractivity contribution is 0.0593. The lowest BCUT2D eigenvalue weighted by Crippen LogP contribution is -2.08. The van der Waals surface area contributed by atoms with Crippen LogP contribution in [0, 0.1) is 0 Å². The van der Waals surface area contributed by atoms with Crippen molar-refractivity contribution in [2.24, 2.45) is 0 Å². The number of ether oxygens (including phenoxy) is 1. The number of aromatic nitrogens is 2. The van der Waals surface area contributed by atoms with E-state index in [1.165, 1.54) is 18.9 Å². The first kappa shape index (κ1) is 12.2. The van der Waals surface area contributed by atoms with Gasteiger partial charge in [0.05, 0.1) is 19.5 Å². The van der Waals surface area contributed by atoms with E-state index < -0.39 is 5.97 Å². The first-order valence-electron chi connectivity index (χ1n) is 4.91. The summed E-state index contributed by atoms with van der Waals surface area (Å²) in [4.78, 5) is 19.2. The molecule has 5 nitrogen and oxygen atoms in total. The molecule has 0 saturated heterocycles. The summed E-state index contributed by atoms with van der Waals surface area (Å²) >= 11 is 0. The summed E-state index contributed by atoms with van der Waals surface area (Å²) in [7, 11) is 1.31. The van der Waals surface area contributed by atoms with E-state index in [4.69, 9.17) is 0 Å². The molecule has 1 aromatic rings. The number of esters is 1. The number of methoxy groups -OCH3 is 1. The van der Waals surface area contributed by atoms with E-state index in [2.05, 4.69) is 20.0 Å². The third-order valence-electron chi connectivity index (χ3n) is 1.82. The first-order chi connectivity index (χ1) is 7.63. The van der Waals surface area contributed by atoms with Crippen molar-refractivity contribution in [3.8, 4) is 0 Å². The topological polar surface area (TPSA) is 64.1 Å². The van der Waals surface area contributed by atoms with Crippen molar-refractivity contribution in [3.63, 3.8) is 0 Å². The second-order valence-electron chi connectivity index (χ2n) is 3.44. The van der Waals surface area contributed by atoms with E-state index in [-0.39, 0.29) is 5.69 Å². The molecule has 0 bridgehead atoms. The van der Waals surface area contributed by atoms with E-state index in [0.29, 0.717) is 12.4 Å². The van der Waals surface area contributed by atoms with Crippen molar-refractivity contribution in [2.45, 2.75) is 13.8 Å². The normalized spacial score (nSPS) is 9.44. The molecule has 0 aromatic carbocycles. The van der Waals surface area contributed by atoms with Crippen LogP contribution in [-0.2, 0) is 4.74 Å². The highest BCUT2D eigenvalue weighted by Gasteiger charge is 2.07. The molecule has 1 N–H and O–H groups in total. The first-order valence-corrected chi connectivity index (χ1v) is 4.91. The van der Waals surface area contributed by atoms with Crippen LogP contribution >= 0.6 is 0 Å². The van der Waals surface area contributed by atoms with Crippen LogP contribution in [0.3, 0.4) is 0 Å². The van der Waals surface area contributed by atoms with Crippen LogP contribution < -0.4 is 5.32 Å². The lowest BCUT2D eigenvalue weighted by atomic mass is 10.3. The van der Waals surface area contributed by atoms with E-state index in [1.807, 2.05) is 19.9 Å². The summed E-state index contributed by atoms with van der Waals surface area (Å²) in [5, 5.41) is 3.04. The van der Waals surface area contributed by atoms with Gasteiger partial charge in [0.1, 0.15) is 5.82 Å². The van der Waals surface area contributed by atoms with Crippen molar-refractivity contribution >= 4 is 11.8 Å². The number of carbonyl (C=O) groups excluding carboxylic acids is 1. The number of hydrogen-bond acceptors (Lipinski definition) is 5. The molecule has 1 rings (SSSR count). The molecule has 86 valence electrons. The molecule has 1 aromatic heterocycles. The van der Waals surface area contributed by atoms with Crippen LogP contribution in [0.2, 0.25) is 0 Å². The molecule has 0 aliphatic heterocycles. The summed E-state index contributed by atoms with van der Waals surface area (Å²) < 4.78 is 4.55. The van der Waals surface area contributed by atoms with Crippen LogP contribution in [-0.4, -0.2) is 29.6 Å². The predicted octanol–water partition coefficient (Wildman–Crippen LogP) is 1.64. The van der Waals surface area contributed by atoms with Gasteiger partial charge in [0, 0.05) is 6.54 Å². The molecule has 0 saturated carbocycles. The van der Waals surface area contributed by atoms with Gasteiger partial charge in [-0.25, -0.2) is 9.78 Å². The second-order valence-corrected chi connectivity index (χ2v) is 3.44. The van der Waals surface area contributed by atoms with Crippen LogP contribution in [0.4, 0.5) is 5.82 Å². The number of carbonyl (C=O) groups is 1. The molecule has 0 amide bonds. The van der Waals surface area contributed by atoms with E-state index in [1.54, 1.807) is 6.20 Å². The Labute approximate surface area is 94.6 Å². The standard InChI is InChI=1S/C11H15N3O2/c1-8(2)4-5-13-10-7-12-6-9(14-10)11(15)16-3/h4,6-7H,5H2,1-3H3,(H,13,14). The van der Waals surface area contributed by atoms with Crippen LogP contribution in [0.5, 0.6) is 0 Å². The predicted molar refractivity (Wildman–Crippen MR) is 61.3 cm³/mol. The Balaban J connectivity index is 2.68. The summed E-state index contributed by atoms with van der Waals surface area (Å²) in [6.45, 7) is 4.68. The summed E-state index contributed by atoms with van der Waals surface area (Å²) in [6.07, 6.45) is 4.95. The Bertz CT molecular complexity index is 398. The molecule has 1 heterocycles. The van der Waals surface area contributed by atoms with Crippen molar-refractivity contribution < 1.29 is 9.53 Å². The minimum atomic E-state index is -0.488. The Hall–Kier alpha value is -1.91. The van der Waals surface area contributed by atoms with E-state index >= 15 is 0 Å². The smallest absolute Gasteiger partial charge is 0.358 e. The quantitative estimate of drug-likeness (QED) is 0.618. The Morgan fingerprint density at radius 3 is 2.88 bits per heavy atom. The summed E-state index contributed by atoms with van der Waals surface area (Å²) in [5.41, 5.74) is 1.41. The molecule has 0 aliphatic carbocycles. The number of rotatable bonds is 4. The maximum absolute atomic E-state index is 11.2. The van der Waals surface area contributed by atoms with Gasteiger partial charge in [-0.15, -0.1) is 0 Å². The van der Waals surface area contributed by atoms with Crippen molar-refractivity contribution in [1.82, 2.24) is 9.97 Å². The average Bonchev–Trinajstić information content (AvgIpc) is 2.28. The monoisotopic (exact) mass is 221 g/mol. The molecule has 0 radical (unpaired) electrons. The molecule has 16 heavy (non-hydrogen) atoms. The largest absolute Gasteiger partial charge is 0.464 e. The Morgan fingerprint density at radius 2 is 2.25 bits per heavy atom. The zero-order chi connectivity index (χ0) is 12.0. The van der Waals surface area contributed by atoms with Crippen molar-refractivity contribution in [3.05, 3.63) is 29.7 Å². The molecule has 0 spiro atoms. The average molecular weight is 221 g/mol. The lowest BCUT2D eigenvalue weighted by Gasteiger charge is -2.03. The van der Waals surface area contributed by atoms with Crippen LogP contribution in [0.1, 0.15) is 24.3 Å². The zero-order valence-electron chi connectivity index (χ0n) is 9.65. The zero-order valence-corrected chi connectivity index (χ0v) is 9.65. The van der Waals surface area contributed by atoms with Crippen LogP contribution in [0.15, 0.2) is 24.0 Å². The number of anilines is 1. The van der Waals surface area contributed by atoms with Gasteiger partial charge in [-0.1, -0.05) is 11.6 Å². The number of hydrogen-bond donors (Lipinski definition) is 1. The number of nitrogens with one attached hydrogen (secondary N) is 1. The summed E-state index contributed by atoms with van der Waals surface area (Å²) in [6, 6.07) is 0. The van der Waals surface area contributed by atoms with Gasteiger partial charge < -0.3 is 10.1 Å². The molecule has 0 unspecified atom stereocenters. The van der Waals surface area contributed by atoms with E-state index in [9.17, 15) is 4.79 Å². The molecule has 0 fully saturated rings. The minimum Gasteiger partial charge on any atom is -0.464 e. The number of nitrogens with zero attached hydrogens (tertiary/aromatic N) is 2. The van der Waals surface area contributed by atoms with Crippen molar-refractivity contribution in [2.75, 3.05) is 19.0 Å². The highest BCUT2D eigenvalue weighted by molar-refractivity contribution is 5.87. The summed E-state index contributed by atoms with van der Waals surface area (Å²) in [5.74, 6) is 0.0683. The minimum absolute atomic E-state index is 0.199. The van der Waals surface area contributed by atoms with Crippen LogP contribution in [0.25, 0.3) is 0 Å². The maximum Gasteiger partial charge on any atom is 0.358 e. The number of allylic oxidation sites excluding steroid dienone is 1. The molecular formula is C11H15N3O2. The molecule has 0 atom stereocenters. The molecule has 5 heteroatoms. The SMILES string of the molecule is COC(=O)c1cncc(NCC=C(C)C)n1. The third kappa shape index (κ3) is 3.68. The Kier molecular flexibility index (Phi) is 4.44.